The summed E-state index contributed by atoms with van der Waals surface area (Å²) in [5.41, 5.74) is 0. The lowest BCUT2D eigenvalue weighted by atomic mass is 10.4. The van der Waals surface area contributed by atoms with Gasteiger partial charge in [-0.15, -0.1) is 11.8 Å². The minimum absolute atomic E-state index is 0.134. The quantitative estimate of drug-likeness (QED) is 0.595. The molecule has 0 radical (unpaired) electrons. The van der Waals surface area contributed by atoms with E-state index in [0.717, 1.165) is 12.2 Å². The van der Waals surface area contributed by atoms with Crippen LogP contribution in [0.25, 0.3) is 0 Å². The van der Waals surface area contributed by atoms with Crippen LogP contribution in [0.1, 0.15) is 13.3 Å². The monoisotopic (exact) mass is 282 g/mol. The van der Waals surface area contributed by atoms with E-state index in [-0.39, 0.29) is 6.03 Å². The fourth-order valence-corrected chi connectivity index (χ4v) is 2.46. The highest BCUT2D eigenvalue weighted by Gasteiger charge is 2.09. The highest BCUT2D eigenvalue weighted by atomic mass is 32.2. The molecular formula is C14H22N2O2S. The van der Waals surface area contributed by atoms with Crippen LogP contribution in [0, 0.1) is 0 Å². The average Bonchev–Trinajstić information content (AvgIpc) is 2.38. The van der Waals surface area contributed by atoms with Crippen molar-refractivity contribution in [3.63, 3.8) is 0 Å². The highest BCUT2D eigenvalue weighted by molar-refractivity contribution is 7.99. The van der Waals surface area contributed by atoms with Crippen molar-refractivity contribution in [3.05, 3.63) is 30.3 Å². The van der Waals surface area contributed by atoms with Gasteiger partial charge in [0.25, 0.3) is 0 Å². The topological polar surface area (TPSA) is 52.6 Å². The van der Waals surface area contributed by atoms with Crippen LogP contribution in [0.4, 0.5) is 4.79 Å². The van der Waals surface area contributed by atoms with E-state index >= 15 is 0 Å². The zero-order chi connectivity index (χ0) is 14.1. The summed E-state index contributed by atoms with van der Waals surface area (Å²) in [6.45, 7) is 2.67. The number of carbonyl (C=O) groups is 1. The Labute approximate surface area is 119 Å². The van der Waals surface area contributed by atoms with Gasteiger partial charge in [-0.25, -0.2) is 4.79 Å². The summed E-state index contributed by atoms with van der Waals surface area (Å²) >= 11 is 1.79. The molecule has 1 rings (SSSR count). The summed E-state index contributed by atoms with van der Waals surface area (Å²) in [6.07, 6.45) is 0.428. The van der Waals surface area contributed by atoms with Crippen LogP contribution in [0.15, 0.2) is 35.2 Å². The third kappa shape index (κ3) is 7.08. The number of nitrogens with one attached hydrogen (secondary N) is 1. The van der Waals surface area contributed by atoms with Gasteiger partial charge in [-0.1, -0.05) is 18.2 Å². The lowest BCUT2D eigenvalue weighted by molar-refractivity contribution is 0.144. The molecule has 0 aromatic heterocycles. The Kier molecular flexibility index (Phi) is 7.36. The van der Waals surface area contributed by atoms with Crippen LogP contribution >= 0.6 is 11.8 Å². The number of aliphatic hydroxyl groups is 1. The van der Waals surface area contributed by atoms with Crippen LogP contribution in [-0.2, 0) is 0 Å². The first-order chi connectivity index (χ1) is 9.09. The smallest absolute Gasteiger partial charge is 0.317 e. The fourth-order valence-electron chi connectivity index (χ4n) is 1.59. The fraction of sp³-hybridized carbons (Fsp3) is 0.500. The summed E-state index contributed by atoms with van der Waals surface area (Å²) in [5, 5.41) is 12.0. The van der Waals surface area contributed by atoms with Crippen LogP contribution in [-0.4, -0.2) is 48.0 Å². The molecule has 5 heteroatoms. The van der Waals surface area contributed by atoms with Gasteiger partial charge in [0.1, 0.15) is 0 Å². The highest BCUT2D eigenvalue weighted by Crippen LogP contribution is 2.17. The molecule has 0 spiro atoms. The zero-order valence-corrected chi connectivity index (χ0v) is 12.3. The molecule has 0 heterocycles. The molecular weight excluding hydrogens is 260 g/mol. The van der Waals surface area contributed by atoms with E-state index in [9.17, 15) is 9.90 Å². The van der Waals surface area contributed by atoms with E-state index < -0.39 is 6.10 Å². The lowest BCUT2D eigenvalue weighted by Gasteiger charge is -2.19. The van der Waals surface area contributed by atoms with Crippen molar-refractivity contribution in [2.24, 2.45) is 0 Å². The van der Waals surface area contributed by atoms with Gasteiger partial charge < -0.3 is 15.3 Å². The number of hydrogen-bond acceptors (Lipinski definition) is 3. The second-order valence-corrected chi connectivity index (χ2v) is 5.64. The second-order valence-electron chi connectivity index (χ2n) is 4.48. The third-order valence-corrected chi connectivity index (χ3v) is 3.59. The predicted octanol–water partition coefficient (Wildman–Crippen LogP) is 2.19. The summed E-state index contributed by atoms with van der Waals surface area (Å²) in [6, 6.07) is 10.1. The maximum atomic E-state index is 11.6. The molecule has 1 unspecified atom stereocenters. The molecule has 0 saturated carbocycles. The first-order valence-corrected chi connectivity index (χ1v) is 7.43. The van der Waals surface area contributed by atoms with Gasteiger partial charge in [-0.05, 0) is 31.2 Å². The Morgan fingerprint density at radius 1 is 1.42 bits per heavy atom. The molecule has 2 N–H and O–H groups in total. The number of amides is 2. The summed E-state index contributed by atoms with van der Waals surface area (Å²) in [4.78, 5) is 14.4. The Morgan fingerprint density at radius 3 is 2.74 bits per heavy atom. The molecule has 0 aliphatic carbocycles. The summed E-state index contributed by atoms with van der Waals surface area (Å²) < 4.78 is 0. The maximum Gasteiger partial charge on any atom is 0.317 e. The average molecular weight is 282 g/mol. The summed E-state index contributed by atoms with van der Waals surface area (Å²) in [7, 11) is 1.68. The number of thioether (sulfide) groups is 1. The summed E-state index contributed by atoms with van der Waals surface area (Å²) in [5.74, 6) is 0.977. The molecule has 0 aliphatic rings. The normalized spacial score (nSPS) is 11.9. The van der Waals surface area contributed by atoms with Crippen molar-refractivity contribution in [1.82, 2.24) is 10.2 Å². The number of carbonyl (C=O) groups excluding carboxylic acids is 1. The first kappa shape index (κ1) is 15.9. The maximum absolute atomic E-state index is 11.6. The van der Waals surface area contributed by atoms with E-state index in [4.69, 9.17) is 0 Å². The number of hydrogen-bond donors (Lipinski definition) is 2. The van der Waals surface area contributed by atoms with E-state index in [1.165, 1.54) is 9.80 Å². The number of nitrogens with zero attached hydrogens (tertiary/aromatic N) is 1. The number of aliphatic hydroxyl groups excluding tert-OH is 1. The predicted molar refractivity (Wildman–Crippen MR) is 79.5 cm³/mol. The molecule has 0 saturated heterocycles. The van der Waals surface area contributed by atoms with Crippen LogP contribution < -0.4 is 5.32 Å². The molecule has 0 fully saturated rings. The van der Waals surface area contributed by atoms with Crippen molar-refractivity contribution < 1.29 is 9.90 Å². The van der Waals surface area contributed by atoms with Gasteiger partial charge in [-0.2, -0.15) is 0 Å². The van der Waals surface area contributed by atoms with Crippen molar-refractivity contribution in [2.45, 2.75) is 24.3 Å². The van der Waals surface area contributed by atoms with Gasteiger partial charge in [0.05, 0.1) is 6.10 Å². The van der Waals surface area contributed by atoms with E-state index in [0.29, 0.717) is 13.1 Å². The van der Waals surface area contributed by atoms with Gasteiger partial charge >= 0.3 is 6.03 Å². The zero-order valence-electron chi connectivity index (χ0n) is 11.5. The number of benzene rings is 1. The van der Waals surface area contributed by atoms with Crippen molar-refractivity contribution >= 4 is 17.8 Å². The van der Waals surface area contributed by atoms with Crippen molar-refractivity contribution in [3.8, 4) is 0 Å². The Bertz CT molecular complexity index is 371. The van der Waals surface area contributed by atoms with Gasteiger partial charge in [0, 0.05) is 25.0 Å². The van der Waals surface area contributed by atoms with Crippen LogP contribution in [0.5, 0.6) is 0 Å². The number of likely N-dealkylation sites (N-methyl/N-ethyl adjacent to an activating group) is 1. The second kappa shape index (κ2) is 8.82. The first-order valence-electron chi connectivity index (χ1n) is 6.44. The van der Waals surface area contributed by atoms with E-state index in [1.54, 1.807) is 25.7 Å². The lowest BCUT2D eigenvalue weighted by Crippen LogP contribution is -2.41. The Hall–Kier alpha value is -1.20. The van der Waals surface area contributed by atoms with Crippen molar-refractivity contribution in [2.75, 3.05) is 25.9 Å². The molecule has 106 valence electrons. The molecule has 19 heavy (non-hydrogen) atoms. The molecule has 1 atom stereocenters. The molecule has 4 nitrogen and oxygen atoms in total. The number of urea groups is 1. The molecule has 2 amide bonds. The molecule has 1 aromatic rings. The standard InChI is InChI=1S/C14H22N2O2S/c1-12(17)11-16(2)14(18)15-9-6-10-19-13-7-4-3-5-8-13/h3-5,7-8,12,17H,6,9-11H2,1-2H3,(H,15,18). The van der Waals surface area contributed by atoms with E-state index in [2.05, 4.69) is 17.4 Å². The van der Waals surface area contributed by atoms with Gasteiger partial charge in [0.2, 0.25) is 0 Å². The third-order valence-electron chi connectivity index (χ3n) is 2.49. The van der Waals surface area contributed by atoms with Crippen LogP contribution in [0.2, 0.25) is 0 Å². The van der Waals surface area contributed by atoms with Crippen molar-refractivity contribution in [1.29, 1.82) is 0 Å². The van der Waals surface area contributed by atoms with Gasteiger partial charge in [-0.3, -0.25) is 0 Å². The largest absolute Gasteiger partial charge is 0.392 e. The molecule has 1 aromatic carbocycles. The Balaban J connectivity index is 2.09. The Morgan fingerprint density at radius 2 is 2.11 bits per heavy atom. The SMILES string of the molecule is CC(O)CN(C)C(=O)NCCCSc1ccccc1. The van der Waals surface area contributed by atoms with Crippen LogP contribution in [0.3, 0.4) is 0 Å². The number of rotatable bonds is 7. The van der Waals surface area contributed by atoms with Gasteiger partial charge in [0.15, 0.2) is 0 Å². The minimum Gasteiger partial charge on any atom is -0.392 e. The molecule has 0 bridgehead atoms. The van der Waals surface area contributed by atoms with E-state index in [1.807, 2.05) is 18.2 Å². The minimum atomic E-state index is -0.496. The molecule has 0 aliphatic heterocycles.